The van der Waals surface area contributed by atoms with Crippen molar-refractivity contribution in [3.63, 3.8) is 0 Å². The van der Waals surface area contributed by atoms with Gasteiger partial charge in [0.2, 0.25) is 0 Å². The monoisotopic (exact) mass is 520 g/mol. The van der Waals surface area contributed by atoms with Crippen LogP contribution >= 0.6 is 0 Å². The van der Waals surface area contributed by atoms with Crippen molar-refractivity contribution in [3.8, 4) is 0 Å². The second-order valence-corrected chi connectivity index (χ2v) is 8.67. The molecule has 0 aromatic rings. The summed E-state index contributed by atoms with van der Waals surface area (Å²) in [5.74, 6) is -2.95. The average molecular weight is 520 g/mol. The first-order valence-electron chi connectivity index (χ1n) is 11.5. The lowest BCUT2D eigenvalue weighted by Crippen LogP contribution is -2.65. The fourth-order valence-corrected chi connectivity index (χ4v) is 4.29. The number of aliphatic hydroxyl groups excluding tert-OH is 1. The fraction of sp³-hybridized carbons (Fsp3) is 0.818. The van der Waals surface area contributed by atoms with Gasteiger partial charge in [-0.25, -0.2) is 0 Å². The quantitative estimate of drug-likeness (QED) is 0.330. The van der Waals surface area contributed by atoms with Crippen LogP contribution in [0.4, 0.5) is 0 Å². The molecule has 11 atom stereocenters. The zero-order valence-corrected chi connectivity index (χ0v) is 20.8. The molecular formula is C22H32O14. The van der Waals surface area contributed by atoms with Gasteiger partial charge in [0.05, 0.1) is 6.10 Å². The second-order valence-electron chi connectivity index (χ2n) is 8.67. The first-order chi connectivity index (χ1) is 16.9. The van der Waals surface area contributed by atoms with Crippen LogP contribution in [0, 0.1) is 0 Å². The molecule has 0 aromatic heterocycles. The van der Waals surface area contributed by atoms with Crippen LogP contribution in [0.3, 0.4) is 0 Å². The van der Waals surface area contributed by atoms with Crippen LogP contribution in [0.5, 0.6) is 0 Å². The summed E-state index contributed by atoms with van der Waals surface area (Å²) < 4.78 is 50.1. The highest BCUT2D eigenvalue weighted by molar-refractivity contribution is 5.68. The van der Waals surface area contributed by atoms with Crippen molar-refractivity contribution in [2.75, 3.05) is 6.61 Å². The molecule has 1 unspecified atom stereocenters. The van der Waals surface area contributed by atoms with E-state index in [1.54, 1.807) is 13.8 Å². The predicted molar refractivity (Wildman–Crippen MR) is 113 cm³/mol. The van der Waals surface area contributed by atoms with Crippen molar-refractivity contribution < 1.29 is 66.9 Å². The van der Waals surface area contributed by atoms with Gasteiger partial charge in [-0.2, -0.15) is 0 Å². The van der Waals surface area contributed by atoms with Gasteiger partial charge in [-0.3, -0.25) is 19.2 Å². The SMILES string of the molecule is CC(=O)OC[C@H]1O[C@@H](O[C@@H]2[C@@H](O)[C@H](C)O[C@@H]3OC(C)O[C@@H]32)[C@H](OC(C)=O)[C@@H](OC(C)=O)[C@@H]1OC(C)=O. The minimum atomic E-state index is -1.48. The molecule has 0 amide bonds. The van der Waals surface area contributed by atoms with E-state index < -0.39 is 98.2 Å². The molecule has 3 rings (SSSR count). The Labute approximate surface area is 207 Å². The van der Waals surface area contributed by atoms with Crippen molar-refractivity contribution in [1.29, 1.82) is 0 Å². The van der Waals surface area contributed by atoms with Crippen LogP contribution in [0.25, 0.3) is 0 Å². The molecule has 14 heteroatoms. The Morgan fingerprint density at radius 2 is 1.31 bits per heavy atom. The Balaban J connectivity index is 1.97. The lowest BCUT2D eigenvalue weighted by molar-refractivity contribution is -0.344. The highest BCUT2D eigenvalue weighted by Crippen LogP contribution is 2.36. The van der Waals surface area contributed by atoms with E-state index in [4.69, 9.17) is 42.6 Å². The van der Waals surface area contributed by atoms with E-state index in [1.165, 1.54) is 6.92 Å². The van der Waals surface area contributed by atoms with Crippen LogP contribution in [0.1, 0.15) is 41.5 Å². The highest BCUT2D eigenvalue weighted by atomic mass is 16.8. The van der Waals surface area contributed by atoms with Gasteiger partial charge in [0.25, 0.3) is 0 Å². The molecule has 0 aliphatic carbocycles. The Bertz CT molecular complexity index is 832. The van der Waals surface area contributed by atoms with Crippen LogP contribution in [-0.2, 0) is 61.8 Å². The van der Waals surface area contributed by atoms with Crippen molar-refractivity contribution in [1.82, 2.24) is 0 Å². The molecule has 3 fully saturated rings. The zero-order valence-electron chi connectivity index (χ0n) is 20.8. The molecule has 0 spiro atoms. The molecule has 36 heavy (non-hydrogen) atoms. The fourth-order valence-electron chi connectivity index (χ4n) is 4.29. The van der Waals surface area contributed by atoms with Gasteiger partial charge < -0.3 is 47.7 Å². The standard InChI is InChI=1S/C22H32O14/c1-8-15(27)17(19-21(29-8)34-13(6)33-19)36-22-20(32-12(5)26)18(31-11(4)25)16(30-10(3)24)14(35-22)7-28-9(2)23/h8,13-22,27H,7H2,1-6H3/t8-,13?,14+,15-,16+,17+,18-,19+,20+,21+,22-/m0/s1. The van der Waals surface area contributed by atoms with Gasteiger partial charge >= 0.3 is 23.9 Å². The number of hydrogen-bond acceptors (Lipinski definition) is 14. The molecule has 0 saturated carbocycles. The third kappa shape index (κ3) is 6.69. The summed E-state index contributed by atoms with van der Waals surface area (Å²) in [5, 5.41) is 10.8. The zero-order chi connectivity index (χ0) is 26.7. The maximum atomic E-state index is 12.0. The van der Waals surface area contributed by atoms with Gasteiger partial charge in [-0.15, -0.1) is 0 Å². The lowest BCUT2D eigenvalue weighted by Gasteiger charge is -2.47. The summed E-state index contributed by atoms with van der Waals surface area (Å²) in [6, 6.07) is 0. The molecule has 0 aromatic carbocycles. The van der Waals surface area contributed by atoms with E-state index in [-0.39, 0.29) is 0 Å². The molecule has 0 radical (unpaired) electrons. The number of fused-ring (bicyclic) bond motifs is 1. The van der Waals surface area contributed by atoms with Crippen molar-refractivity contribution in [3.05, 3.63) is 0 Å². The topological polar surface area (TPSA) is 172 Å². The first kappa shape index (κ1) is 28.2. The summed E-state index contributed by atoms with van der Waals surface area (Å²) >= 11 is 0. The van der Waals surface area contributed by atoms with Gasteiger partial charge in [0.15, 0.2) is 37.2 Å². The number of aliphatic hydroxyl groups is 1. The van der Waals surface area contributed by atoms with Crippen LogP contribution in [-0.4, -0.2) is 103 Å². The number of ether oxygens (including phenoxy) is 9. The van der Waals surface area contributed by atoms with Crippen molar-refractivity contribution in [2.24, 2.45) is 0 Å². The number of carbonyl (C=O) groups excluding carboxylic acids is 4. The van der Waals surface area contributed by atoms with Gasteiger partial charge in [0, 0.05) is 27.7 Å². The molecule has 14 nitrogen and oxygen atoms in total. The van der Waals surface area contributed by atoms with E-state index in [0.29, 0.717) is 0 Å². The number of rotatable bonds is 7. The Morgan fingerprint density at radius 3 is 1.89 bits per heavy atom. The molecule has 3 heterocycles. The normalized spacial score (nSPS) is 40.0. The van der Waals surface area contributed by atoms with E-state index in [2.05, 4.69) is 0 Å². The average Bonchev–Trinajstić information content (AvgIpc) is 3.12. The summed E-state index contributed by atoms with van der Waals surface area (Å²) in [4.78, 5) is 47.3. The Hall–Kier alpha value is -2.36. The minimum Gasteiger partial charge on any atom is -0.463 e. The van der Waals surface area contributed by atoms with E-state index in [0.717, 1.165) is 20.8 Å². The predicted octanol–water partition coefficient (Wildman–Crippen LogP) is -0.678. The van der Waals surface area contributed by atoms with Crippen LogP contribution < -0.4 is 0 Å². The highest BCUT2D eigenvalue weighted by Gasteiger charge is 2.57. The summed E-state index contributed by atoms with van der Waals surface area (Å²) in [7, 11) is 0. The Morgan fingerprint density at radius 1 is 0.722 bits per heavy atom. The molecule has 3 aliphatic heterocycles. The molecule has 204 valence electrons. The third-order valence-corrected chi connectivity index (χ3v) is 5.67. The largest absolute Gasteiger partial charge is 0.463 e. The third-order valence-electron chi connectivity index (χ3n) is 5.67. The summed E-state index contributed by atoms with van der Waals surface area (Å²) in [6.45, 7) is 7.36. The lowest BCUT2D eigenvalue weighted by atomic mass is 9.96. The molecule has 0 bridgehead atoms. The maximum Gasteiger partial charge on any atom is 0.303 e. The summed E-state index contributed by atoms with van der Waals surface area (Å²) in [5.41, 5.74) is 0. The number of hydrogen-bond donors (Lipinski definition) is 1. The van der Waals surface area contributed by atoms with E-state index in [9.17, 15) is 24.3 Å². The molecule has 3 aliphatic rings. The van der Waals surface area contributed by atoms with Gasteiger partial charge in [-0.1, -0.05) is 0 Å². The minimum absolute atomic E-state index is 0.410. The second kappa shape index (κ2) is 11.8. The van der Waals surface area contributed by atoms with Gasteiger partial charge in [0.1, 0.15) is 31.0 Å². The van der Waals surface area contributed by atoms with Crippen molar-refractivity contribution in [2.45, 2.75) is 109 Å². The first-order valence-corrected chi connectivity index (χ1v) is 11.5. The molecule has 1 N–H and O–H groups in total. The Kier molecular flexibility index (Phi) is 9.24. The molecular weight excluding hydrogens is 488 g/mol. The van der Waals surface area contributed by atoms with E-state index in [1.807, 2.05) is 0 Å². The van der Waals surface area contributed by atoms with Crippen molar-refractivity contribution >= 4 is 23.9 Å². The van der Waals surface area contributed by atoms with Gasteiger partial charge in [-0.05, 0) is 13.8 Å². The molecule has 3 saturated heterocycles. The maximum absolute atomic E-state index is 12.0. The number of esters is 4. The summed E-state index contributed by atoms with van der Waals surface area (Å²) in [6.07, 6.45) is -12.3. The smallest absolute Gasteiger partial charge is 0.303 e. The van der Waals surface area contributed by atoms with Crippen LogP contribution in [0.15, 0.2) is 0 Å². The van der Waals surface area contributed by atoms with E-state index >= 15 is 0 Å². The van der Waals surface area contributed by atoms with Crippen LogP contribution in [0.2, 0.25) is 0 Å². The number of carbonyl (C=O) groups is 4.